The highest BCUT2D eigenvalue weighted by atomic mass is 16.1. The minimum atomic E-state index is 0.0550. The standard InChI is InChI=1S/C18H26N2O/c1-12-10-18(2,3)11-16(12)19-14-6-4-13(5-7-14)17(21)20-15-8-9-15/h4-7,12,15-16,19H,8-11H2,1-3H3,(H,20,21). The molecule has 1 amide bonds. The van der Waals surface area contributed by atoms with Crippen LogP contribution in [0.3, 0.4) is 0 Å². The van der Waals surface area contributed by atoms with E-state index in [4.69, 9.17) is 0 Å². The maximum Gasteiger partial charge on any atom is 0.251 e. The number of carbonyl (C=O) groups excluding carboxylic acids is 1. The van der Waals surface area contributed by atoms with Crippen LogP contribution in [0.2, 0.25) is 0 Å². The third-order valence-electron chi connectivity index (χ3n) is 4.75. The van der Waals surface area contributed by atoms with Crippen molar-refractivity contribution < 1.29 is 4.79 Å². The fourth-order valence-electron chi connectivity index (χ4n) is 3.52. The summed E-state index contributed by atoms with van der Waals surface area (Å²) < 4.78 is 0. The summed E-state index contributed by atoms with van der Waals surface area (Å²) in [6, 6.07) is 8.85. The summed E-state index contributed by atoms with van der Waals surface area (Å²) in [5.74, 6) is 0.747. The summed E-state index contributed by atoms with van der Waals surface area (Å²) >= 11 is 0. The molecule has 2 atom stereocenters. The number of hydrogen-bond acceptors (Lipinski definition) is 2. The third-order valence-corrected chi connectivity index (χ3v) is 4.75. The second-order valence-electron chi connectivity index (χ2n) is 7.63. The topological polar surface area (TPSA) is 41.1 Å². The molecule has 0 radical (unpaired) electrons. The lowest BCUT2D eigenvalue weighted by Crippen LogP contribution is -2.25. The van der Waals surface area contributed by atoms with Crippen molar-refractivity contribution in [1.82, 2.24) is 5.32 Å². The lowest BCUT2D eigenvalue weighted by atomic mass is 9.91. The molecular weight excluding hydrogens is 260 g/mol. The Bertz CT molecular complexity index is 517. The molecule has 0 saturated heterocycles. The Kier molecular flexibility index (Phi) is 3.68. The number of benzene rings is 1. The van der Waals surface area contributed by atoms with Gasteiger partial charge in [-0.3, -0.25) is 4.79 Å². The molecular formula is C18H26N2O. The van der Waals surface area contributed by atoms with Gasteiger partial charge in [0.05, 0.1) is 0 Å². The van der Waals surface area contributed by atoms with E-state index < -0.39 is 0 Å². The molecule has 0 spiro atoms. The average molecular weight is 286 g/mol. The number of rotatable bonds is 4. The fourth-order valence-corrected chi connectivity index (χ4v) is 3.52. The molecule has 114 valence electrons. The number of hydrogen-bond donors (Lipinski definition) is 2. The van der Waals surface area contributed by atoms with Gasteiger partial charge in [0.1, 0.15) is 0 Å². The van der Waals surface area contributed by atoms with Crippen molar-refractivity contribution in [1.29, 1.82) is 0 Å². The Balaban J connectivity index is 1.60. The Morgan fingerprint density at radius 2 is 1.81 bits per heavy atom. The van der Waals surface area contributed by atoms with Gasteiger partial charge in [0, 0.05) is 23.3 Å². The molecule has 2 fully saturated rings. The van der Waals surface area contributed by atoms with E-state index in [2.05, 4.69) is 31.4 Å². The molecule has 1 aromatic rings. The second kappa shape index (κ2) is 5.36. The van der Waals surface area contributed by atoms with E-state index >= 15 is 0 Å². The van der Waals surface area contributed by atoms with Gasteiger partial charge in [-0.1, -0.05) is 20.8 Å². The summed E-state index contributed by atoms with van der Waals surface area (Å²) in [6.45, 7) is 7.01. The lowest BCUT2D eigenvalue weighted by Gasteiger charge is -2.20. The highest BCUT2D eigenvalue weighted by molar-refractivity contribution is 5.94. The summed E-state index contributed by atoms with van der Waals surface area (Å²) in [4.78, 5) is 12.0. The molecule has 2 unspecified atom stereocenters. The summed E-state index contributed by atoms with van der Waals surface area (Å²) in [6.07, 6.45) is 4.73. The van der Waals surface area contributed by atoms with Gasteiger partial charge in [-0.15, -0.1) is 0 Å². The number of nitrogens with one attached hydrogen (secondary N) is 2. The smallest absolute Gasteiger partial charge is 0.251 e. The van der Waals surface area contributed by atoms with Crippen LogP contribution >= 0.6 is 0 Å². The highest BCUT2D eigenvalue weighted by Gasteiger charge is 2.36. The molecule has 2 aliphatic rings. The van der Waals surface area contributed by atoms with Crippen LogP contribution in [0.25, 0.3) is 0 Å². The summed E-state index contributed by atoms with van der Waals surface area (Å²) in [5, 5.41) is 6.65. The largest absolute Gasteiger partial charge is 0.382 e. The van der Waals surface area contributed by atoms with Crippen LogP contribution in [0.4, 0.5) is 5.69 Å². The van der Waals surface area contributed by atoms with Gasteiger partial charge in [-0.25, -0.2) is 0 Å². The number of anilines is 1. The predicted molar refractivity (Wildman–Crippen MR) is 86.5 cm³/mol. The maximum absolute atomic E-state index is 12.0. The van der Waals surface area contributed by atoms with Crippen molar-refractivity contribution in [3.63, 3.8) is 0 Å². The quantitative estimate of drug-likeness (QED) is 0.883. The van der Waals surface area contributed by atoms with Crippen LogP contribution in [-0.2, 0) is 0 Å². The first kappa shape index (κ1) is 14.4. The monoisotopic (exact) mass is 286 g/mol. The van der Waals surface area contributed by atoms with E-state index in [1.165, 1.54) is 12.8 Å². The molecule has 0 aliphatic heterocycles. The van der Waals surface area contributed by atoms with Gasteiger partial charge in [0.15, 0.2) is 0 Å². The Labute approximate surface area is 127 Å². The molecule has 2 saturated carbocycles. The molecule has 3 rings (SSSR count). The van der Waals surface area contributed by atoms with Crippen molar-refractivity contribution in [2.75, 3.05) is 5.32 Å². The Morgan fingerprint density at radius 1 is 1.14 bits per heavy atom. The average Bonchev–Trinajstić information content (AvgIpc) is 3.17. The molecule has 3 heteroatoms. The van der Waals surface area contributed by atoms with Crippen molar-refractivity contribution in [2.24, 2.45) is 11.3 Å². The van der Waals surface area contributed by atoms with Crippen LogP contribution in [-0.4, -0.2) is 18.0 Å². The Morgan fingerprint density at radius 3 is 2.33 bits per heavy atom. The van der Waals surface area contributed by atoms with Gasteiger partial charge >= 0.3 is 0 Å². The number of carbonyl (C=O) groups is 1. The van der Waals surface area contributed by atoms with Crippen LogP contribution in [0, 0.1) is 11.3 Å². The van der Waals surface area contributed by atoms with Gasteiger partial charge < -0.3 is 10.6 Å². The SMILES string of the molecule is CC1CC(C)(C)CC1Nc1ccc(C(=O)NC2CC2)cc1. The van der Waals surface area contributed by atoms with E-state index in [1.54, 1.807) is 0 Å². The van der Waals surface area contributed by atoms with Crippen molar-refractivity contribution in [2.45, 2.75) is 58.5 Å². The molecule has 21 heavy (non-hydrogen) atoms. The zero-order chi connectivity index (χ0) is 15.0. The molecule has 0 bridgehead atoms. The van der Waals surface area contributed by atoms with E-state index in [9.17, 15) is 4.79 Å². The van der Waals surface area contributed by atoms with E-state index in [-0.39, 0.29) is 5.91 Å². The predicted octanol–water partition coefficient (Wildman–Crippen LogP) is 3.82. The van der Waals surface area contributed by atoms with Crippen LogP contribution < -0.4 is 10.6 Å². The lowest BCUT2D eigenvalue weighted by molar-refractivity contribution is 0.0951. The van der Waals surface area contributed by atoms with E-state index in [1.807, 2.05) is 24.3 Å². The molecule has 0 aromatic heterocycles. The van der Waals surface area contributed by atoms with Gasteiger partial charge in [0.2, 0.25) is 0 Å². The normalized spacial score (nSPS) is 27.4. The summed E-state index contributed by atoms with van der Waals surface area (Å²) in [5.41, 5.74) is 2.31. The molecule has 2 aliphatic carbocycles. The molecule has 1 aromatic carbocycles. The first-order valence-electron chi connectivity index (χ1n) is 8.10. The van der Waals surface area contributed by atoms with Crippen LogP contribution in [0.15, 0.2) is 24.3 Å². The van der Waals surface area contributed by atoms with Crippen molar-refractivity contribution in [3.05, 3.63) is 29.8 Å². The molecule has 0 heterocycles. The van der Waals surface area contributed by atoms with Crippen LogP contribution in [0.5, 0.6) is 0 Å². The second-order valence-corrected chi connectivity index (χ2v) is 7.63. The highest BCUT2D eigenvalue weighted by Crippen LogP contribution is 2.42. The van der Waals surface area contributed by atoms with Crippen molar-refractivity contribution in [3.8, 4) is 0 Å². The zero-order valence-electron chi connectivity index (χ0n) is 13.3. The minimum Gasteiger partial charge on any atom is -0.382 e. The Hall–Kier alpha value is -1.51. The van der Waals surface area contributed by atoms with Crippen LogP contribution in [0.1, 0.15) is 56.8 Å². The molecule has 2 N–H and O–H groups in total. The van der Waals surface area contributed by atoms with E-state index in [0.717, 1.165) is 24.1 Å². The van der Waals surface area contributed by atoms with Crippen molar-refractivity contribution >= 4 is 11.6 Å². The first-order valence-corrected chi connectivity index (χ1v) is 8.10. The van der Waals surface area contributed by atoms with E-state index in [0.29, 0.717) is 23.4 Å². The van der Waals surface area contributed by atoms with Gasteiger partial charge in [0.25, 0.3) is 5.91 Å². The third kappa shape index (κ3) is 3.58. The summed E-state index contributed by atoms with van der Waals surface area (Å²) in [7, 11) is 0. The molecule has 3 nitrogen and oxygen atoms in total. The first-order chi connectivity index (χ1) is 9.93. The number of amides is 1. The fraction of sp³-hybridized carbons (Fsp3) is 0.611. The minimum absolute atomic E-state index is 0.0550. The maximum atomic E-state index is 12.0. The van der Waals surface area contributed by atoms with Gasteiger partial charge in [-0.05, 0) is 61.3 Å². The zero-order valence-corrected chi connectivity index (χ0v) is 13.3. The van der Waals surface area contributed by atoms with Gasteiger partial charge in [-0.2, -0.15) is 0 Å².